The third-order valence-corrected chi connectivity index (χ3v) is 8.08. The Morgan fingerprint density at radius 1 is 1.00 bits per heavy atom. The Hall–Kier alpha value is -3.59. The lowest BCUT2D eigenvalue weighted by molar-refractivity contribution is 0.0981. The van der Waals surface area contributed by atoms with Crippen molar-refractivity contribution in [2.24, 2.45) is 7.05 Å². The molecule has 2 aromatic carbocycles. The molecule has 0 spiro atoms. The molecular formula is C23H21N5O3S. The molecule has 0 fully saturated rings. The van der Waals surface area contributed by atoms with E-state index in [0.717, 1.165) is 16.6 Å². The third kappa shape index (κ3) is 2.64. The molecule has 4 aromatic rings. The van der Waals surface area contributed by atoms with Crippen molar-refractivity contribution in [3.63, 3.8) is 0 Å². The SMILES string of the molecule is Cn1cc(S(=O)(=O)N2CCc3ccccc32)cc1C(=O)N1CCn2c1nc1ccccc12. The predicted molar refractivity (Wildman–Crippen MR) is 122 cm³/mol. The van der Waals surface area contributed by atoms with E-state index in [1.54, 1.807) is 16.5 Å². The van der Waals surface area contributed by atoms with E-state index < -0.39 is 10.0 Å². The zero-order valence-electron chi connectivity index (χ0n) is 17.5. The van der Waals surface area contributed by atoms with Gasteiger partial charge in [0, 0.05) is 32.9 Å². The topological polar surface area (TPSA) is 80.4 Å². The van der Waals surface area contributed by atoms with Crippen LogP contribution in [0.25, 0.3) is 11.0 Å². The number of hydrogen-bond acceptors (Lipinski definition) is 4. The van der Waals surface area contributed by atoms with Crippen molar-refractivity contribution in [1.29, 1.82) is 0 Å². The summed E-state index contributed by atoms with van der Waals surface area (Å²) in [7, 11) is -2.07. The van der Waals surface area contributed by atoms with Crippen molar-refractivity contribution in [2.75, 3.05) is 22.3 Å². The first-order chi connectivity index (χ1) is 15.4. The molecule has 32 heavy (non-hydrogen) atoms. The van der Waals surface area contributed by atoms with Crippen LogP contribution in [-0.2, 0) is 30.0 Å². The molecule has 4 heterocycles. The Labute approximate surface area is 185 Å². The van der Waals surface area contributed by atoms with Crippen LogP contribution in [0.15, 0.2) is 65.7 Å². The van der Waals surface area contributed by atoms with Crippen molar-refractivity contribution in [1.82, 2.24) is 14.1 Å². The number of para-hydroxylation sites is 3. The van der Waals surface area contributed by atoms with Crippen LogP contribution in [0.2, 0.25) is 0 Å². The number of aromatic nitrogens is 3. The molecule has 1 amide bonds. The maximum absolute atomic E-state index is 13.4. The van der Waals surface area contributed by atoms with E-state index in [1.807, 2.05) is 53.1 Å². The summed E-state index contributed by atoms with van der Waals surface area (Å²) >= 11 is 0. The Kier molecular flexibility index (Phi) is 4.00. The lowest BCUT2D eigenvalue weighted by Crippen LogP contribution is -2.31. The monoisotopic (exact) mass is 447 g/mol. The van der Waals surface area contributed by atoms with Crippen molar-refractivity contribution in [2.45, 2.75) is 17.9 Å². The Balaban J connectivity index is 1.35. The maximum Gasteiger partial charge on any atom is 0.277 e. The fourth-order valence-electron chi connectivity index (χ4n) is 4.69. The van der Waals surface area contributed by atoms with Crippen LogP contribution in [0.5, 0.6) is 0 Å². The highest BCUT2D eigenvalue weighted by molar-refractivity contribution is 7.92. The zero-order valence-corrected chi connectivity index (χ0v) is 18.3. The number of fused-ring (bicyclic) bond motifs is 4. The lowest BCUT2D eigenvalue weighted by atomic mass is 10.2. The summed E-state index contributed by atoms with van der Waals surface area (Å²) in [5.74, 6) is 0.333. The zero-order chi connectivity index (χ0) is 22.0. The number of hydrogen-bond donors (Lipinski definition) is 0. The van der Waals surface area contributed by atoms with Crippen LogP contribution in [0.1, 0.15) is 16.1 Å². The standard InChI is InChI=1S/C23H21N5O3S/c1-25-15-17(32(30,31)28-11-10-16-6-2-4-8-19(16)28)14-21(25)22(29)27-13-12-26-20-9-5-3-7-18(20)24-23(26)27/h2-9,14-15H,10-13H2,1H3. The smallest absolute Gasteiger partial charge is 0.277 e. The quantitative estimate of drug-likeness (QED) is 0.484. The number of benzene rings is 2. The van der Waals surface area contributed by atoms with Crippen molar-refractivity contribution >= 4 is 38.6 Å². The average molecular weight is 448 g/mol. The van der Waals surface area contributed by atoms with Crippen LogP contribution < -0.4 is 9.21 Å². The molecule has 0 aliphatic carbocycles. The van der Waals surface area contributed by atoms with E-state index in [9.17, 15) is 13.2 Å². The van der Waals surface area contributed by atoms with Gasteiger partial charge in [0.05, 0.1) is 16.7 Å². The van der Waals surface area contributed by atoms with Gasteiger partial charge in [-0.25, -0.2) is 13.4 Å². The Bertz CT molecular complexity index is 1500. The number of aryl methyl sites for hydroxylation is 1. The number of nitrogens with zero attached hydrogens (tertiary/aromatic N) is 5. The maximum atomic E-state index is 13.4. The van der Waals surface area contributed by atoms with E-state index in [1.165, 1.54) is 16.6 Å². The summed E-state index contributed by atoms with van der Waals surface area (Å²) < 4.78 is 31.8. The second-order valence-electron chi connectivity index (χ2n) is 8.14. The van der Waals surface area contributed by atoms with Gasteiger partial charge in [-0.1, -0.05) is 30.3 Å². The molecule has 0 N–H and O–H groups in total. The van der Waals surface area contributed by atoms with E-state index in [4.69, 9.17) is 0 Å². The summed E-state index contributed by atoms with van der Waals surface area (Å²) in [5.41, 5.74) is 3.86. The fourth-order valence-corrected chi connectivity index (χ4v) is 6.27. The number of imidazole rings is 1. The summed E-state index contributed by atoms with van der Waals surface area (Å²) in [5, 5.41) is 0. The highest BCUT2D eigenvalue weighted by atomic mass is 32.2. The first-order valence-electron chi connectivity index (χ1n) is 10.5. The molecule has 0 saturated heterocycles. The van der Waals surface area contributed by atoms with Crippen LogP contribution in [0.4, 0.5) is 11.6 Å². The molecule has 0 radical (unpaired) electrons. The minimum Gasteiger partial charge on any atom is -0.345 e. The molecule has 0 saturated carbocycles. The fraction of sp³-hybridized carbons (Fsp3) is 0.217. The van der Waals surface area contributed by atoms with E-state index in [0.29, 0.717) is 43.4 Å². The number of amides is 1. The Morgan fingerprint density at radius 3 is 2.66 bits per heavy atom. The van der Waals surface area contributed by atoms with Gasteiger partial charge in [-0.15, -0.1) is 0 Å². The molecular weight excluding hydrogens is 426 g/mol. The largest absolute Gasteiger partial charge is 0.345 e. The van der Waals surface area contributed by atoms with Gasteiger partial charge in [0.2, 0.25) is 5.95 Å². The van der Waals surface area contributed by atoms with Crippen molar-refractivity contribution < 1.29 is 13.2 Å². The number of rotatable bonds is 3. The molecule has 0 bridgehead atoms. The number of carbonyl (C=O) groups excluding carboxylic acids is 1. The third-order valence-electron chi connectivity index (χ3n) is 6.30. The van der Waals surface area contributed by atoms with Gasteiger partial charge in [0.1, 0.15) is 10.6 Å². The molecule has 2 aliphatic rings. The highest BCUT2D eigenvalue weighted by Crippen LogP contribution is 2.34. The summed E-state index contributed by atoms with van der Waals surface area (Å²) in [6.07, 6.45) is 2.20. The molecule has 6 rings (SSSR count). The summed E-state index contributed by atoms with van der Waals surface area (Å²) in [6, 6.07) is 16.8. The van der Waals surface area contributed by atoms with Gasteiger partial charge < -0.3 is 9.13 Å². The van der Waals surface area contributed by atoms with Crippen LogP contribution in [0.3, 0.4) is 0 Å². The van der Waals surface area contributed by atoms with Gasteiger partial charge in [-0.05, 0) is 36.2 Å². The highest BCUT2D eigenvalue weighted by Gasteiger charge is 2.34. The van der Waals surface area contributed by atoms with Gasteiger partial charge in [-0.3, -0.25) is 14.0 Å². The molecule has 0 unspecified atom stereocenters. The lowest BCUT2D eigenvalue weighted by Gasteiger charge is -2.18. The minimum absolute atomic E-state index is 0.118. The van der Waals surface area contributed by atoms with Gasteiger partial charge >= 0.3 is 0 Å². The number of sulfonamides is 1. The second-order valence-corrected chi connectivity index (χ2v) is 10.00. The molecule has 8 nitrogen and oxygen atoms in total. The molecule has 2 aliphatic heterocycles. The molecule has 2 aromatic heterocycles. The molecule has 0 atom stereocenters. The minimum atomic E-state index is -3.77. The van der Waals surface area contributed by atoms with Gasteiger partial charge in [-0.2, -0.15) is 0 Å². The van der Waals surface area contributed by atoms with E-state index in [2.05, 4.69) is 4.98 Å². The second kappa shape index (κ2) is 6.70. The average Bonchev–Trinajstić information content (AvgIpc) is 3.55. The van der Waals surface area contributed by atoms with Crippen LogP contribution in [0, 0.1) is 0 Å². The van der Waals surface area contributed by atoms with Crippen molar-refractivity contribution in [3.8, 4) is 0 Å². The van der Waals surface area contributed by atoms with Crippen LogP contribution in [-0.4, -0.2) is 41.5 Å². The molecule has 9 heteroatoms. The molecule has 162 valence electrons. The van der Waals surface area contributed by atoms with Gasteiger partial charge in [0.25, 0.3) is 15.9 Å². The summed E-state index contributed by atoms with van der Waals surface area (Å²) in [4.78, 5) is 19.8. The normalized spacial score (nSPS) is 15.4. The first kappa shape index (κ1) is 19.1. The first-order valence-corrected chi connectivity index (χ1v) is 11.9. The number of anilines is 2. The Morgan fingerprint density at radius 2 is 1.78 bits per heavy atom. The van der Waals surface area contributed by atoms with E-state index >= 15 is 0 Å². The predicted octanol–water partition coefficient (Wildman–Crippen LogP) is 2.79. The van der Waals surface area contributed by atoms with Crippen LogP contribution >= 0.6 is 0 Å². The van der Waals surface area contributed by atoms with Crippen molar-refractivity contribution in [3.05, 3.63) is 72.1 Å². The van der Waals surface area contributed by atoms with E-state index in [-0.39, 0.29) is 10.8 Å². The number of carbonyl (C=O) groups is 1. The summed E-state index contributed by atoms with van der Waals surface area (Å²) in [6.45, 7) is 1.55. The van der Waals surface area contributed by atoms with Gasteiger partial charge in [0.15, 0.2) is 0 Å².